The van der Waals surface area contributed by atoms with Gasteiger partial charge in [-0.05, 0) is 6.42 Å². The minimum Gasteiger partial charge on any atom is -0.548 e. The van der Waals surface area contributed by atoms with Crippen molar-refractivity contribution in [2.75, 3.05) is 6.54 Å². The molecule has 1 fully saturated rings. The van der Waals surface area contributed by atoms with Crippen molar-refractivity contribution in [3.05, 3.63) is 0 Å². The van der Waals surface area contributed by atoms with Crippen LogP contribution in [0.15, 0.2) is 0 Å². The number of carbonyl (C=O) groups is 2. The van der Waals surface area contributed by atoms with Crippen molar-refractivity contribution in [3.8, 4) is 0 Å². The molecule has 1 aliphatic heterocycles. The molecule has 2 atom stereocenters. The van der Waals surface area contributed by atoms with Gasteiger partial charge in [0.25, 0.3) is 0 Å². The Balaban J connectivity index is 2.67. The van der Waals surface area contributed by atoms with Crippen molar-refractivity contribution in [3.63, 3.8) is 0 Å². The zero-order valence-corrected chi connectivity index (χ0v) is 6.20. The van der Waals surface area contributed by atoms with Gasteiger partial charge in [-0.25, -0.2) is 0 Å². The van der Waals surface area contributed by atoms with Crippen molar-refractivity contribution < 1.29 is 19.8 Å². The first kappa shape index (κ1) is 8.95. The lowest BCUT2D eigenvalue weighted by Gasteiger charge is -2.23. The van der Waals surface area contributed by atoms with E-state index in [1.807, 2.05) is 0 Å². The van der Waals surface area contributed by atoms with E-state index in [1.165, 1.54) is 0 Å². The summed E-state index contributed by atoms with van der Waals surface area (Å²) in [4.78, 5) is 20.7. The normalized spacial score (nSPS) is 34.9. The number of nitrogens with two attached hydrogens (primary N) is 1. The van der Waals surface area contributed by atoms with Gasteiger partial charge in [0, 0.05) is 12.6 Å². The first-order valence-corrected chi connectivity index (χ1v) is 3.40. The topological polar surface area (TPSA) is 118 Å². The molecule has 1 saturated heterocycles. The van der Waals surface area contributed by atoms with Crippen molar-refractivity contribution >= 4 is 11.9 Å². The molecule has 0 saturated carbocycles. The number of carbonyl (C=O) groups excluding carboxylic acids is 2. The predicted molar refractivity (Wildman–Crippen MR) is 33.3 cm³/mol. The summed E-state index contributed by atoms with van der Waals surface area (Å²) in [6.07, 6.45) is -0.197. The van der Waals surface area contributed by atoms with E-state index < -0.39 is 23.5 Å². The minimum atomic E-state index is -1.58. The van der Waals surface area contributed by atoms with Crippen LogP contribution in [0.3, 0.4) is 0 Å². The van der Waals surface area contributed by atoms with Gasteiger partial charge < -0.3 is 30.9 Å². The number of nitrogens with one attached hydrogen (secondary N) is 1. The van der Waals surface area contributed by atoms with Crippen molar-refractivity contribution in [1.82, 2.24) is 5.32 Å². The maximum absolute atomic E-state index is 10.4. The second kappa shape index (κ2) is 2.72. The van der Waals surface area contributed by atoms with E-state index in [-0.39, 0.29) is 13.0 Å². The lowest BCUT2D eigenvalue weighted by atomic mass is 9.98. The van der Waals surface area contributed by atoms with Gasteiger partial charge in [-0.15, -0.1) is 0 Å². The summed E-state index contributed by atoms with van der Waals surface area (Å²) >= 11 is 0. The fourth-order valence-electron chi connectivity index (χ4n) is 1.14. The molecule has 0 amide bonds. The van der Waals surface area contributed by atoms with E-state index in [0.717, 1.165) is 0 Å². The van der Waals surface area contributed by atoms with E-state index in [1.54, 1.807) is 0 Å². The number of carboxylic acids is 2. The van der Waals surface area contributed by atoms with Gasteiger partial charge in [-0.3, -0.25) is 0 Å². The van der Waals surface area contributed by atoms with Gasteiger partial charge in [0.05, 0.1) is 17.5 Å². The van der Waals surface area contributed by atoms with E-state index in [2.05, 4.69) is 5.32 Å². The highest BCUT2D eigenvalue weighted by Gasteiger charge is 2.37. The van der Waals surface area contributed by atoms with Crippen LogP contribution >= 0.6 is 0 Å². The Bertz CT molecular complexity index is 230. The van der Waals surface area contributed by atoms with Gasteiger partial charge in [0.2, 0.25) is 0 Å². The van der Waals surface area contributed by atoms with Gasteiger partial charge in [-0.2, -0.15) is 0 Å². The lowest BCUT2D eigenvalue weighted by Crippen LogP contribution is -2.56. The molecule has 0 spiro atoms. The summed E-state index contributed by atoms with van der Waals surface area (Å²) in [7, 11) is 0. The fourth-order valence-corrected chi connectivity index (χ4v) is 1.14. The van der Waals surface area contributed by atoms with Crippen molar-refractivity contribution in [2.24, 2.45) is 5.73 Å². The average Bonchev–Trinajstić information content (AvgIpc) is 2.33. The highest BCUT2D eigenvalue weighted by Crippen LogP contribution is 2.15. The summed E-state index contributed by atoms with van der Waals surface area (Å²) in [5, 5.41) is 23.1. The van der Waals surface area contributed by atoms with Crippen LogP contribution in [0.25, 0.3) is 0 Å². The summed E-state index contributed by atoms with van der Waals surface area (Å²) in [6, 6.07) is -0.993. The van der Waals surface area contributed by atoms with Crippen LogP contribution in [0.2, 0.25) is 0 Å². The fraction of sp³-hybridized carbons (Fsp3) is 0.667. The van der Waals surface area contributed by atoms with E-state index in [9.17, 15) is 19.8 Å². The van der Waals surface area contributed by atoms with Crippen LogP contribution in [0.5, 0.6) is 0 Å². The van der Waals surface area contributed by atoms with Gasteiger partial charge in [-0.1, -0.05) is 0 Å². The van der Waals surface area contributed by atoms with Crippen LogP contribution in [-0.4, -0.2) is 30.1 Å². The second-order valence-electron chi connectivity index (χ2n) is 2.90. The summed E-state index contributed by atoms with van der Waals surface area (Å²) < 4.78 is 0. The molecule has 1 rings (SSSR count). The molecule has 68 valence electrons. The first-order valence-electron chi connectivity index (χ1n) is 3.40. The van der Waals surface area contributed by atoms with Crippen LogP contribution in [0.1, 0.15) is 6.42 Å². The molecule has 3 N–H and O–H groups in total. The number of rotatable bonds is 2. The molecule has 0 aromatic rings. The van der Waals surface area contributed by atoms with Crippen LogP contribution in [0.4, 0.5) is 0 Å². The third-order valence-corrected chi connectivity index (χ3v) is 1.92. The molecule has 12 heavy (non-hydrogen) atoms. The number of hydrogen-bond donors (Lipinski definition) is 2. The molecule has 0 aromatic carbocycles. The Labute approximate surface area is 68.4 Å². The quantitative estimate of drug-likeness (QED) is 0.433. The third kappa shape index (κ3) is 1.39. The van der Waals surface area contributed by atoms with Crippen LogP contribution < -0.4 is 21.3 Å². The molecule has 0 unspecified atom stereocenters. The Morgan fingerprint density at radius 3 is 2.33 bits per heavy atom. The summed E-state index contributed by atoms with van der Waals surface area (Å²) in [5.74, 6) is -2.79. The van der Waals surface area contributed by atoms with Crippen molar-refractivity contribution in [1.29, 1.82) is 0 Å². The molecule has 1 aliphatic rings. The average molecular weight is 172 g/mol. The van der Waals surface area contributed by atoms with Crippen LogP contribution in [-0.2, 0) is 9.59 Å². The third-order valence-electron chi connectivity index (χ3n) is 1.92. The zero-order chi connectivity index (χ0) is 9.35. The maximum Gasteiger partial charge on any atom is 0.0701 e. The molecule has 0 aliphatic carbocycles. The molecule has 6 nitrogen and oxygen atoms in total. The number of aliphatic carboxylic acids is 2. The highest BCUT2D eigenvalue weighted by molar-refractivity contribution is 5.81. The van der Waals surface area contributed by atoms with Crippen LogP contribution in [0, 0.1) is 0 Å². The van der Waals surface area contributed by atoms with Gasteiger partial charge >= 0.3 is 0 Å². The molecular formula is C6H8N2O4-2. The maximum atomic E-state index is 10.4. The Hall–Kier alpha value is -1.14. The Kier molecular flexibility index (Phi) is 2.03. The number of carboxylic acid groups (broad SMARTS) is 2. The lowest BCUT2D eigenvalue weighted by molar-refractivity contribution is -0.312. The number of hydrogen-bond acceptors (Lipinski definition) is 6. The largest absolute Gasteiger partial charge is 0.548 e. The Morgan fingerprint density at radius 1 is 1.50 bits per heavy atom. The van der Waals surface area contributed by atoms with E-state index >= 15 is 0 Å². The van der Waals surface area contributed by atoms with E-state index in [0.29, 0.717) is 0 Å². The Morgan fingerprint density at radius 2 is 2.08 bits per heavy atom. The van der Waals surface area contributed by atoms with Gasteiger partial charge in [0.15, 0.2) is 0 Å². The minimum absolute atomic E-state index is 0.103. The molecule has 1 heterocycles. The predicted octanol–water partition coefficient (Wildman–Crippen LogP) is -4.45. The molecular weight excluding hydrogens is 164 g/mol. The van der Waals surface area contributed by atoms with E-state index in [4.69, 9.17) is 5.73 Å². The summed E-state index contributed by atoms with van der Waals surface area (Å²) in [5.41, 5.74) is 3.74. The molecule has 0 aromatic heterocycles. The monoisotopic (exact) mass is 172 g/mol. The first-order chi connectivity index (χ1) is 5.46. The molecule has 0 bridgehead atoms. The molecule has 6 heteroatoms. The van der Waals surface area contributed by atoms with Gasteiger partial charge in [0.1, 0.15) is 0 Å². The SMILES string of the molecule is N[C@@]1(C(=O)[O-])CN[C@@H](C(=O)[O-])C1. The van der Waals surface area contributed by atoms with Crippen molar-refractivity contribution in [2.45, 2.75) is 18.0 Å². The standard InChI is InChI=1S/C6H10N2O4/c7-6(5(11)12)1-3(4(9)10)8-2-6/h3,8H,1-2,7H2,(H,9,10)(H,11,12)/p-2/t3-,6-/m1/s1. The smallest absolute Gasteiger partial charge is 0.0701 e. The highest BCUT2D eigenvalue weighted by atomic mass is 16.4. The zero-order valence-electron chi connectivity index (χ0n) is 6.20. The molecule has 0 radical (unpaired) electrons. The summed E-state index contributed by atoms with van der Waals surface area (Å²) in [6.45, 7) is -0.103. The second-order valence-corrected chi connectivity index (χ2v) is 2.90.